The lowest BCUT2D eigenvalue weighted by atomic mass is 9.82. The highest BCUT2D eigenvalue weighted by molar-refractivity contribution is 6.32. The molecule has 302 valence electrons. The summed E-state index contributed by atoms with van der Waals surface area (Å²) in [6.07, 6.45) is 0. The zero-order valence-corrected chi connectivity index (χ0v) is 35.6. The second kappa shape index (κ2) is 13.9. The van der Waals surface area contributed by atoms with E-state index >= 15 is 0 Å². The molecule has 13 rings (SSSR count). The highest BCUT2D eigenvalue weighted by Crippen LogP contribution is 2.51. The Balaban J connectivity index is 1.05. The van der Waals surface area contributed by atoms with Gasteiger partial charge in [-0.3, -0.25) is 0 Å². The van der Waals surface area contributed by atoms with Gasteiger partial charge in [-0.1, -0.05) is 166 Å². The van der Waals surface area contributed by atoms with Gasteiger partial charge in [-0.15, -0.1) is 0 Å². The highest BCUT2D eigenvalue weighted by atomic mass is 16.3. The van der Waals surface area contributed by atoms with Crippen LogP contribution in [0.25, 0.3) is 93.6 Å². The maximum absolute atomic E-state index is 6.94. The Labute approximate surface area is 371 Å². The first kappa shape index (κ1) is 36.5. The monoisotopic (exact) mass is 818 g/mol. The topological polar surface area (TPSA) is 21.3 Å². The molecule has 2 aromatic heterocycles. The van der Waals surface area contributed by atoms with E-state index in [2.05, 4.69) is 242 Å². The SMILES string of the molecule is CC1(C)c2ccccc2-c2ccc(N(c3ccccc3)c3ccc(-c4cc5c6ccccc6oc5c5c6c7ccccc7ccc6n(-c6ccc(-c7ccccc7)cc6)c45)cc3)cc21. The van der Waals surface area contributed by atoms with Crippen molar-refractivity contribution in [2.24, 2.45) is 0 Å². The first-order chi connectivity index (χ1) is 31.5. The number of benzene rings is 10. The largest absolute Gasteiger partial charge is 0.455 e. The first-order valence-corrected chi connectivity index (χ1v) is 22.2. The second-order valence-electron chi connectivity index (χ2n) is 17.7. The van der Waals surface area contributed by atoms with Gasteiger partial charge in [0.25, 0.3) is 0 Å². The van der Waals surface area contributed by atoms with Crippen molar-refractivity contribution in [1.29, 1.82) is 0 Å². The fourth-order valence-corrected chi connectivity index (χ4v) is 10.7. The molecule has 0 atom stereocenters. The molecule has 0 saturated carbocycles. The van der Waals surface area contributed by atoms with Crippen LogP contribution in [-0.2, 0) is 5.41 Å². The normalized spacial score (nSPS) is 13.0. The first-order valence-electron chi connectivity index (χ1n) is 22.2. The lowest BCUT2D eigenvalue weighted by Gasteiger charge is -2.28. The number of furan rings is 1. The molecular formula is C61H42N2O. The maximum Gasteiger partial charge on any atom is 0.145 e. The third-order valence-electron chi connectivity index (χ3n) is 13.8. The summed E-state index contributed by atoms with van der Waals surface area (Å²) in [4.78, 5) is 2.39. The molecule has 10 aromatic carbocycles. The predicted molar refractivity (Wildman–Crippen MR) is 269 cm³/mol. The average Bonchev–Trinajstić information content (AvgIpc) is 3.98. The standard InChI is InChI=1S/C61H42N2O/c1-61(2)53-23-13-11-21-48(53)49-35-34-46(37-54(49)61)62(43-18-7-4-8-19-43)44-32-27-42(28-33-44)51-38-52-50-22-12-14-24-56(50)64-60(52)58-57-47-20-10-9-17-41(47)29-36-55(57)63(59(51)58)45-30-25-40(26-31-45)39-15-5-3-6-16-39/h3-38H,1-2H3. The number of rotatable bonds is 6. The summed E-state index contributed by atoms with van der Waals surface area (Å²) in [6, 6.07) is 79.5. The van der Waals surface area contributed by atoms with E-state index in [1.165, 1.54) is 49.5 Å². The minimum atomic E-state index is -0.110. The molecule has 3 heteroatoms. The van der Waals surface area contributed by atoms with Crippen molar-refractivity contribution in [1.82, 2.24) is 4.57 Å². The van der Waals surface area contributed by atoms with Gasteiger partial charge in [-0.05, 0) is 116 Å². The molecule has 0 radical (unpaired) electrons. The van der Waals surface area contributed by atoms with Gasteiger partial charge in [0, 0.05) is 49.9 Å². The second-order valence-corrected chi connectivity index (χ2v) is 17.7. The number of anilines is 3. The van der Waals surface area contributed by atoms with E-state index in [9.17, 15) is 0 Å². The molecule has 0 aliphatic heterocycles. The third kappa shape index (κ3) is 5.41. The minimum absolute atomic E-state index is 0.110. The summed E-state index contributed by atoms with van der Waals surface area (Å²) < 4.78 is 9.40. The third-order valence-corrected chi connectivity index (χ3v) is 13.8. The van der Waals surface area contributed by atoms with E-state index in [0.29, 0.717) is 0 Å². The van der Waals surface area contributed by atoms with Gasteiger partial charge in [0.05, 0.1) is 16.4 Å². The van der Waals surface area contributed by atoms with E-state index in [0.717, 1.165) is 72.2 Å². The van der Waals surface area contributed by atoms with Gasteiger partial charge in [0.1, 0.15) is 11.2 Å². The van der Waals surface area contributed by atoms with Crippen LogP contribution in [0.3, 0.4) is 0 Å². The Hall–Kier alpha value is -8.14. The van der Waals surface area contributed by atoms with Gasteiger partial charge in [-0.25, -0.2) is 0 Å². The molecule has 1 aliphatic rings. The summed E-state index contributed by atoms with van der Waals surface area (Å²) >= 11 is 0. The van der Waals surface area contributed by atoms with Crippen LogP contribution in [0.1, 0.15) is 25.0 Å². The van der Waals surface area contributed by atoms with Crippen molar-refractivity contribution in [2.45, 2.75) is 19.3 Å². The van der Waals surface area contributed by atoms with Crippen molar-refractivity contribution < 1.29 is 4.42 Å². The maximum atomic E-state index is 6.94. The fourth-order valence-electron chi connectivity index (χ4n) is 10.7. The van der Waals surface area contributed by atoms with Gasteiger partial charge in [-0.2, -0.15) is 0 Å². The Morgan fingerprint density at radius 2 is 1.05 bits per heavy atom. The van der Waals surface area contributed by atoms with Gasteiger partial charge in [0.15, 0.2) is 0 Å². The number of hydrogen-bond acceptors (Lipinski definition) is 2. The zero-order chi connectivity index (χ0) is 42.5. The summed E-state index contributed by atoms with van der Waals surface area (Å²) in [6.45, 7) is 4.70. The van der Waals surface area contributed by atoms with Crippen LogP contribution in [0.15, 0.2) is 223 Å². The molecule has 0 spiro atoms. The molecule has 0 N–H and O–H groups in total. The molecule has 0 unspecified atom stereocenters. The fraction of sp³-hybridized carbons (Fsp3) is 0.0492. The summed E-state index contributed by atoms with van der Waals surface area (Å²) in [5.74, 6) is 0. The van der Waals surface area contributed by atoms with Crippen LogP contribution < -0.4 is 4.90 Å². The average molecular weight is 819 g/mol. The van der Waals surface area contributed by atoms with Crippen molar-refractivity contribution in [3.63, 3.8) is 0 Å². The van der Waals surface area contributed by atoms with Crippen LogP contribution in [0.5, 0.6) is 0 Å². The van der Waals surface area contributed by atoms with Crippen LogP contribution in [-0.4, -0.2) is 4.57 Å². The molecule has 64 heavy (non-hydrogen) atoms. The van der Waals surface area contributed by atoms with Crippen molar-refractivity contribution in [2.75, 3.05) is 4.90 Å². The highest BCUT2D eigenvalue weighted by Gasteiger charge is 2.36. The molecule has 0 fully saturated rings. The smallest absolute Gasteiger partial charge is 0.145 e. The number of aromatic nitrogens is 1. The van der Waals surface area contributed by atoms with E-state index in [1.54, 1.807) is 0 Å². The van der Waals surface area contributed by atoms with Crippen LogP contribution >= 0.6 is 0 Å². The van der Waals surface area contributed by atoms with Crippen LogP contribution in [0.2, 0.25) is 0 Å². The van der Waals surface area contributed by atoms with Gasteiger partial charge >= 0.3 is 0 Å². The molecule has 0 amide bonds. The lowest BCUT2D eigenvalue weighted by molar-refractivity contribution is 0.660. The van der Waals surface area contributed by atoms with Gasteiger partial charge in [0.2, 0.25) is 0 Å². The number of fused-ring (bicyclic) bond motifs is 12. The number of nitrogens with zero attached hydrogens (tertiary/aromatic N) is 2. The summed E-state index contributed by atoms with van der Waals surface area (Å²) in [7, 11) is 0. The Bertz CT molecular complexity index is 3780. The number of hydrogen-bond donors (Lipinski definition) is 0. The van der Waals surface area contributed by atoms with Crippen LogP contribution in [0, 0.1) is 0 Å². The molecule has 0 saturated heterocycles. The minimum Gasteiger partial charge on any atom is -0.455 e. The van der Waals surface area contributed by atoms with E-state index in [1.807, 2.05) is 0 Å². The zero-order valence-electron chi connectivity index (χ0n) is 35.6. The molecular weight excluding hydrogens is 777 g/mol. The number of para-hydroxylation sites is 2. The predicted octanol–water partition coefficient (Wildman–Crippen LogP) is 16.9. The van der Waals surface area contributed by atoms with Crippen molar-refractivity contribution in [3.8, 4) is 39.1 Å². The molecule has 0 bridgehead atoms. The quantitative estimate of drug-likeness (QED) is 0.167. The molecule has 3 nitrogen and oxygen atoms in total. The molecule has 1 aliphatic carbocycles. The Morgan fingerprint density at radius 3 is 1.86 bits per heavy atom. The summed E-state index contributed by atoms with van der Waals surface area (Å²) in [5.41, 5.74) is 18.4. The van der Waals surface area contributed by atoms with E-state index in [4.69, 9.17) is 4.42 Å². The molecule has 2 heterocycles. The Morgan fingerprint density at radius 1 is 0.422 bits per heavy atom. The van der Waals surface area contributed by atoms with E-state index in [-0.39, 0.29) is 5.41 Å². The van der Waals surface area contributed by atoms with Crippen molar-refractivity contribution >= 4 is 71.6 Å². The van der Waals surface area contributed by atoms with Gasteiger partial charge < -0.3 is 13.9 Å². The lowest BCUT2D eigenvalue weighted by Crippen LogP contribution is -2.16. The van der Waals surface area contributed by atoms with E-state index < -0.39 is 0 Å². The molecule has 12 aromatic rings. The van der Waals surface area contributed by atoms with Crippen molar-refractivity contribution in [3.05, 3.63) is 230 Å². The van der Waals surface area contributed by atoms with Crippen LogP contribution in [0.4, 0.5) is 17.1 Å². The summed E-state index contributed by atoms with van der Waals surface area (Å²) in [5, 5.41) is 6.95. The Kier molecular flexibility index (Phi) is 7.95.